The maximum absolute atomic E-state index is 11.8. The molecular weight excluding hydrogens is 228 g/mol. The number of Topliss-reactive ketones (excluding diaryl/α,β-unsaturated/α-hetero) is 1. The molecule has 1 aromatic carbocycles. The summed E-state index contributed by atoms with van der Waals surface area (Å²) in [6.07, 6.45) is 0. The van der Waals surface area contributed by atoms with Gasteiger partial charge in [-0.3, -0.25) is 4.79 Å². The highest BCUT2D eigenvalue weighted by molar-refractivity contribution is 5.85. The zero-order valence-corrected chi connectivity index (χ0v) is 11.4. The SMILES string of the molecule is C=C(C)Oc1ccccc1OCC(=O)C(C)(C)C. The van der Waals surface area contributed by atoms with Gasteiger partial charge in [-0.15, -0.1) is 0 Å². The molecule has 0 fully saturated rings. The molecule has 0 saturated carbocycles. The summed E-state index contributed by atoms with van der Waals surface area (Å²) in [5.41, 5.74) is -0.399. The second-order valence-corrected chi connectivity index (χ2v) is 5.21. The van der Waals surface area contributed by atoms with Gasteiger partial charge < -0.3 is 9.47 Å². The summed E-state index contributed by atoms with van der Waals surface area (Å²) in [7, 11) is 0. The lowest BCUT2D eigenvalue weighted by molar-refractivity contribution is -0.128. The highest BCUT2D eigenvalue weighted by Gasteiger charge is 2.22. The first-order chi connectivity index (χ1) is 8.30. The number of allylic oxidation sites excluding steroid dienone is 1. The van der Waals surface area contributed by atoms with Crippen LogP contribution in [0.1, 0.15) is 27.7 Å². The fraction of sp³-hybridized carbons (Fsp3) is 0.400. The first-order valence-corrected chi connectivity index (χ1v) is 5.89. The van der Waals surface area contributed by atoms with Crippen molar-refractivity contribution in [2.45, 2.75) is 27.7 Å². The average Bonchev–Trinajstić information content (AvgIpc) is 2.25. The fourth-order valence-corrected chi connectivity index (χ4v) is 1.20. The number of hydrogen-bond acceptors (Lipinski definition) is 3. The van der Waals surface area contributed by atoms with Crippen LogP contribution in [0, 0.1) is 5.41 Å². The van der Waals surface area contributed by atoms with Crippen LogP contribution in [-0.4, -0.2) is 12.4 Å². The Morgan fingerprint density at radius 1 is 1.22 bits per heavy atom. The lowest BCUT2D eigenvalue weighted by Gasteiger charge is -2.17. The van der Waals surface area contributed by atoms with Crippen LogP contribution in [-0.2, 0) is 4.79 Å². The van der Waals surface area contributed by atoms with Crippen LogP contribution >= 0.6 is 0 Å². The van der Waals surface area contributed by atoms with Gasteiger partial charge in [0.25, 0.3) is 0 Å². The van der Waals surface area contributed by atoms with E-state index in [4.69, 9.17) is 9.47 Å². The van der Waals surface area contributed by atoms with Crippen LogP contribution in [0.15, 0.2) is 36.6 Å². The summed E-state index contributed by atoms with van der Waals surface area (Å²) in [5.74, 6) is 1.76. The first-order valence-electron chi connectivity index (χ1n) is 5.89. The van der Waals surface area contributed by atoms with Gasteiger partial charge in [0.15, 0.2) is 17.3 Å². The summed E-state index contributed by atoms with van der Waals surface area (Å²) in [6, 6.07) is 7.23. The molecule has 3 nitrogen and oxygen atoms in total. The minimum absolute atomic E-state index is 0.0417. The number of carbonyl (C=O) groups is 1. The molecule has 0 N–H and O–H groups in total. The van der Waals surface area contributed by atoms with Gasteiger partial charge >= 0.3 is 0 Å². The summed E-state index contributed by atoms with van der Waals surface area (Å²) in [5, 5.41) is 0. The lowest BCUT2D eigenvalue weighted by atomic mass is 9.91. The third-order valence-corrected chi connectivity index (χ3v) is 2.33. The van der Waals surface area contributed by atoms with Crippen molar-refractivity contribution in [1.82, 2.24) is 0 Å². The van der Waals surface area contributed by atoms with Crippen molar-refractivity contribution in [1.29, 1.82) is 0 Å². The van der Waals surface area contributed by atoms with Crippen LogP contribution in [0.3, 0.4) is 0 Å². The van der Waals surface area contributed by atoms with Crippen molar-refractivity contribution < 1.29 is 14.3 Å². The fourth-order valence-electron chi connectivity index (χ4n) is 1.20. The number of ketones is 1. The number of hydrogen-bond donors (Lipinski definition) is 0. The summed E-state index contributed by atoms with van der Waals surface area (Å²) in [6.45, 7) is 11.1. The van der Waals surface area contributed by atoms with Crippen molar-refractivity contribution in [3.63, 3.8) is 0 Å². The Hall–Kier alpha value is -1.77. The number of benzene rings is 1. The third kappa shape index (κ3) is 4.24. The molecule has 0 atom stereocenters. The van der Waals surface area contributed by atoms with Gasteiger partial charge in [0.1, 0.15) is 6.61 Å². The maximum Gasteiger partial charge on any atom is 0.175 e. The van der Waals surface area contributed by atoms with Crippen molar-refractivity contribution in [2.24, 2.45) is 5.41 Å². The molecule has 98 valence electrons. The lowest BCUT2D eigenvalue weighted by Crippen LogP contribution is -2.26. The summed E-state index contributed by atoms with van der Waals surface area (Å²) < 4.78 is 10.9. The van der Waals surface area contributed by atoms with E-state index in [9.17, 15) is 4.79 Å². The van der Waals surface area contributed by atoms with Crippen LogP contribution in [0.4, 0.5) is 0 Å². The molecule has 0 amide bonds. The first kappa shape index (κ1) is 14.3. The average molecular weight is 248 g/mol. The van der Waals surface area contributed by atoms with Crippen LogP contribution in [0.5, 0.6) is 11.5 Å². The third-order valence-electron chi connectivity index (χ3n) is 2.33. The molecule has 0 aromatic heterocycles. The quantitative estimate of drug-likeness (QED) is 0.747. The van der Waals surface area contributed by atoms with E-state index in [0.29, 0.717) is 17.3 Å². The summed E-state index contributed by atoms with van der Waals surface area (Å²) >= 11 is 0. The maximum atomic E-state index is 11.8. The monoisotopic (exact) mass is 248 g/mol. The molecule has 0 bridgehead atoms. The Kier molecular flexibility index (Phi) is 4.54. The molecule has 0 saturated heterocycles. The van der Waals surface area contributed by atoms with E-state index in [1.54, 1.807) is 19.1 Å². The highest BCUT2D eigenvalue weighted by Crippen LogP contribution is 2.28. The normalized spacial score (nSPS) is 10.9. The van der Waals surface area contributed by atoms with E-state index in [1.807, 2.05) is 32.9 Å². The van der Waals surface area contributed by atoms with E-state index in [-0.39, 0.29) is 12.4 Å². The number of carbonyl (C=O) groups excluding carboxylic acids is 1. The predicted octanol–water partition coefficient (Wildman–Crippen LogP) is 3.59. The van der Waals surface area contributed by atoms with E-state index < -0.39 is 5.41 Å². The van der Waals surface area contributed by atoms with Gasteiger partial charge in [-0.2, -0.15) is 0 Å². The zero-order valence-electron chi connectivity index (χ0n) is 11.4. The number of para-hydroxylation sites is 2. The second kappa shape index (κ2) is 5.71. The molecule has 0 radical (unpaired) electrons. The largest absolute Gasteiger partial charge is 0.482 e. The Bertz CT molecular complexity index is 441. The van der Waals surface area contributed by atoms with Crippen molar-refractivity contribution >= 4 is 5.78 Å². The van der Waals surface area contributed by atoms with Gasteiger partial charge in [-0.05, 0) is 19.1 Å². The van der Waals surface area contributed by atoms with Crippen LogP contribution < -0.4 is 9.47 Å². The van der Waals surface area contributed by atoms with Gasteiger partial charge in [0.2, 0.25) is 0 Å². The van der Waals surface area contributed by atoms with Gasteiger partial charge in [0.05, 0.1) is 5.76 Å². The van der Waals surface area contributed by atoms with Crippen LogP contribution in [0.2, 0.25) is 0 Å². The molecule has 0 spiro atoms. The van der Waals surface area contributed by atoms with Crippen molar-refractivity contribution in [3.8, 4) is 11.5 Å². The van der Waals surface area contributed by atoms with Crippen molar-refractivity contribution in [2.75, 3.05) is 6.61 Å². The molecule has 3 heteroatoms. The second-order valence-electron chi connectivity index (χ2n) is 5.21. The molecule has 1 rings (SSSR count). The van der Waals surface area contributed by atoms with E-state index in [1.165, 1.54) is 0 Å². The molecule has 0 aliphatic heterocycles. The van der Waals surface area contributed by atoms with Gasteiger partial charge in [0, 0.05) is 5.41 Å². The standard InChI is InChI=1S/C15H20O3/c1-11(2)18-13-9-7-6-8-12(13)17-10-14(16)15(3,4)5/h6-9H,1,10H2,2-5H3. The summed E-state index contributed by atoms with van der Waals surface area (Å²) in [4.78, 5) is 11.8. The minimum atomic E-state index is -0.399. The predicted molar refractivity (Wildman–Crippen MR) is 71.8 cm³/mol. The molecular formula is C15H20O3. The number of ether oxygens (including phenoxy) is 2. The molecule has 0 heterocycles. The smallest absolute Gasteiger partial charge is 0.175 e. The van der Waals surface area contributed by atoms with Crippen molar-refractivity contribution in [3.05, 3.63) is 36.6 Å². The Morgan fingerprint density at radius 2 is 1.78 bits per heavy atom. The zero-order chi connectivity index (χ0) is 13.8. The minimum Gasteiger partial charge on any atom is -0.482 e. The molecule has 1 aromatic rings. The van der Waals surface area contributed by atoms with Gasteiger partial charge in [-0.1, -0.05) is 39.5 Å². The van der Waals surface area contributed by atoms with Crippen LogP contribution in [0.25, 0.3) is 0 Å². The van der Waals surface area contributed by atoms with E-state index in [2.05, 4.69) is 6.58 Å². The number of rotatable bonds is 5. The molecule has 18 heavy (non-hydrogen) atoms. The Balaban J connectivity index is 2.73. The van der Waals surface area contributed by atoms with Gasteiger partial charge in [-0.25, -0.2) is 0 Å². The Morgan fingerprint density at radius 3 is 2.28 bits per heavy atom. The van der Waals surface area contributed by atoms with E-state index in [0.717, 1.165) is 0 Å². The Labute approximate surface area is 108 Å². The topological polar surface area (TPSA) is 35.5 Å². The molecule has 0 aliphatic rings. The molecule has 0 unspecified atom stereocenters. The van der Waals surface area contributed by atoms with E-state index >= 15 is 0 Å². The highest BCUT2D eigenvalue weighted by atomic mass is 16.5. The molecule has 0 aliphatic carbocycles.